The first-order valence-electron chi connectivity index (χ1n) is 8.29. The molecule has 1 aromatic carbocycles. The van der Waals surface area contributed by atoms with Crippen LogP contribution in [0.25, 0.3) is 0 Å². The molecule has 0 radical (unpaired) electrons. The number of hydrogen-bond donors (Lipinski definition) is 0. The van der Waals surface area contributed by atoms with Crippen molar-refractivity contribution >= 4 is 12.0 Å². The van der Waals surface area contributed by atoms with Crippen LogP contribution in [-0.4, -0.2) is 56.2 Å². The average molecular weight is 334 g/mol. The third kappa shape index (κ3) is 4.40. The second kappa shape index (κ2) is 8.57. The Balaban J connectivity index is 2.16. The second-order valence-electron chi connectivity index (χ2n) is 6.05. The summed E-state index contributed by atoms with van der Waals surface area (Å²) >= 11 is 0. The Morgan fingerprint density at radius 1 is 1.17 bits per heavy atom. The summed E-state index contributed by atoms with van der Waals surface area (Å²) in [5.74, 6) is 0.751. The lowest BCUT2D eigenvalue weighted by molar-refractivity contribution is -0.134. The molecule has 0 aromatic heterocycles. The maximum absolute atomic E-state index is 12.7. The number of rotatable bonds is 4. The van der Waals surface area contributed by atoms with Gasteiger partial charge in [-0.25, -0.2) is 4.79 Å². The minimum Gasteiger partial charge on any atom is -0.497 e. The summed E-state index contributed by atoms with van der Waals surface area (Å²) in [6.45, 7) is 0.740. The third-order valence-corrected chi connectivity index (χ3v) is 4.43. The molecule has 2 rings (SSSR count). The van der Waals surface area contributed by atoms with E-state index < -0.39 is 6.09 Å². The van der Waals surface area contributed by atoms with Crippen LogP contribution in [0.4, 0.5) is 4.79 Å². The second-order valence-corrected chi connectivity index (χ2v) is 6.05. The van der Waals surface area contributed by atoms with Crippen LogP contribution in [-0.2, 0) is 9.53 Å². The van der Waals surface area contributed by atoms with Gasteiger partial charge in [0, 0.05) is 13.6 Å². The van der Waals surface area contributed by atoms with Gasteiger partial charge in [-0.2, -0.15) is 0 Å². The van der Waals surface area contributed by atoms with Gasteiger partial charge < -0.3 is 19.3 Å². The minimum atomic E-state index is -0.501. The molecular formula is C18H26N2O4. The lowest BCUT2D eigenvalue weighted by atomic mass is 10.0. The fraction of sp³-hybridized carbons (Fsp3) is 0.556. The highest BCUT2D eigenvalue weighted by molar-refractivity contribution is 5.82. The van der Waals surface area contributed by atoms with Crippen molar-refractivity contribution in [1.82, 2.24) is 9.80 Å². The van der Waals surface area contributed by atoms with Gasteiger partial charge in [0.25, 0.3) is 0 Å². The van der Waals surface area contributed by atoms with Crippen molar-refractivity contribution in [3.63, 3.8) is 0 Å². The van der Waals surface area contributed by atoms with Gasteiger partial charge in [0.15, 0.2) is 0 Å². The maximum atomic E-state index is 12.7. The first-order valence-corrected chi connectivity index (χ1v) is 8.29. The highest BCUT2D eigenvalue weighted by atomic mass is 16.5. The zero-order valence-electron chi connectivity index (χ0n) is 14.7. The Morgan fingerprint density at radius 3 is 2.50 bits per heavy atom. The summed E-state index contributed by atoms with van der Waals surface area (Å²) in [6, 6.07) is 7.91. The Morgan fingerprint density at radius 2 is 1.88 bits per heavy atom. The van der Waals surface area contributed by atoms with Gasteiger partial charge in [-0.15, -0.1) is 0 Å². The lowest BCUT2D eigenvalue weighted by Crippen LogP contribution is -2.42. The molecule has 1 aliphatic rings. The summed E-state index contributed by atoms with van der Waals surface area (Å²) in [7, 11) is 4.53. The first-order chi connectivity index (χ1) is 11.6. The Labute approximate surface area is 143 Å². The van der Waals surface area contributed by atoms with Crippen molar-refractivity contribution in [1.29, 1.82) is 0 Å². The molecule has 0 saturated carbocycles. The molecule has 2 amide bonds. The molecule has 6 heteroatoms. The van der Waals surface area contributed by atoms with Crippen LogP contribution in [0.1, 0.15) is 37.3 Å². The van der Waals surface area contributed by atoms with E-state index in [1.165, 1.54) is 12.0 Å². The van der Waals surface area contributed by atoms with E-state index in [1.54, 1.807) is 14.2 Å². The molecule has 1 heterocycles. The van der Waals surface area contributed by atoms with Gasteiger partial charge >= 0.3 is 6.09 Å². The molecule has 24 heavy (non-hydrogen) atoms. The van der Waals surface area contributed by atoms with E-state index in [1.807, 2.05) is 29.2 Å². The number of ether oxygens (including phenoxy) is 2. The number of benzene rings is 1. The average Bonchev–Trinajstić information content (AvgIpc) is 2.87. The van der Waals surface area contributed by atoms with Crippen LogP contribution in [0.3, 0.4) is 0 Å². The van der Waals surface area contributed by atoms with Crippen molar-refractivity contribution in [3.05, 3.63) is 29.8 Å². The first kappa shape index (κ1) is 18.1. The molecule has 1 aromatic rings. The summed E-state index contributed by atoms with van der Waals surface area (Å²) in [5, 5.41) is 0. The number of likely N-dealkylation sites (N-methyl/N-ethyl adjacent to an activating group) is 1. The van der Waals surface area contributed by atoms with E-state index in [2.05, 4.69) is 4.74 Å². The molecule has 0 aliphatic carbocycles. The Hall–Kier alpha value is -2.24. The summed E-state index contributed by atoms with van der Waals surface area (Å²) in [5.41, 5.74) is 1.10. The van der Waals surface area contributed by atoms with Gasteiger partial charge in [-0.05, 0) is 30.5 Å². The number of methoxy groups -OCH3 is 2. The van der Waals surface area contributed by atoms with Crippen LogP contribution in [0.15, 0.2) is 24.3 Å². The Kier molecular flexibility index (Phi) is 6.46. The van der Waals surface area contributed by atoms with E-state index in [4.69, 9.17) is 4.74 Å². The van der Waals surface area contributed by atoms with Crippen LogP contribution in [0.2, 0.25) is 0 Å². The van der Waals surface area contributed by atoms with Crippen molar-refractivity contribution in [3.8, 4) is 5.75 Å². The predicted octanol–water partition coefficient (Wildman–Crippen LogP) is 2.84. The highest BCUT2D eigenvalue weighted by Gasteiger charge is 2.28. The van der Waals surface area contributed by atoms with E-state index in [-0.39, 0.29) is 18.5 Å². The molecule has 0 bridgehead atoms. The maximum Gasteiger partial charge on any atom is 0.409 e. The fourth-order valence-electron chi connectivity index (χ4n) is 3.09. The molecule has 1 aliphatic heterocycles. The van der Waals surface area contributed by atoms with Crippen molar-refractivity contribution in [2.24, 2.45) is 0 Å². The quantitative estimate of drug-likeness (QED) is 0.849. The van der Waals surface area contributed by atoms with Gasteiger partial charge in [0.1, 0.15) is 12.3 Å². The number of carbonyl (C=O) groups excluding carboxylic acids is 2. The third-order valence-electron chi connectivity index (χ3n) is 4.43. The minimum absolute atomic E-state index is 0.0271. The number of carbonyl (C=O) groups is 2. The van der Waals surface area contributed by atoms with Gasteiger partial charge in [-0.1, -0.05) is 25.0 Å². The molecule has 132 valence electrons. The lowest BCUT2D eigenvalue weighted by Gasteiger charge is -2.32. The van der Waals surface area contributed by atoms with E-state index in [0.29, 0.717) is 6.54 Å². The molecule has 1 saturated heterocycles. The number of nitrogens with zero attached hydrogens (tertiary/aromatic N) is 2. The molecule has 0 N–H and O–H groups in total. The molecule has 6 nitrogen and oxygen atoms in total. The molecule has 0 spiro atoms. The predicted molar refractivity (Wildman–Crippen MR) is 91.0 cm³/mol. The standard InChI is InChI=1S/C18H26N2O4/c1-19(18(22)24-3)13-17(21)20-12-6-4-5-7-16(20)14-8-10-15(23-2)11-9-14/h8-11,16H,4-7,12-13H2,1-3H3/t16-/m0/s1. The van der Waals surface area contributed by atoms with Crippen molar-refractivity contribution < 1.29 is 19.1 Å². The normalized spacial score (nSPS) is 17.8. The SMILES string of the molecule is COC(=O)N(C)CC(=O)N1CCCCC[C@H]1c1ccc(OC)cc1. The smallest absolute Gasteiger partial charge is 0.409 e. The van der Waals surface area contributed by atoms with E-state index >= 15 is 0 Å². The van der Waals surface area contributed by atoms with Crippen molar-refractivity contribution in [2.75, 3.05) is 34.4 Å². The molecule has 1 fully saturated rings. The zero-order chi connectivity index (χ0) is 17.5. The zero-order valence-corrected chi connectivity index (χ0v) is 14.7. The molecule has 0 unspecified atom stereocenters. The molecule has 1 atom stereocenters. The van der Waals surface area contributed by atoms with Crippen molar-refractivity contribution in [2.45, 2.75) is 31.7 Å². The van der Waals surface area contributed by atoms with Gasteiger partial charge in [0.05, 0.1) is 20.3 Å². The number of amides is 2. The number of likely N-dealkylation sites (tertiary alicyclic amines) is 1. The topological polar surface area (TPSA) is 59.1 Å². The summed E-state index contributed by atoms with van der Waals surface area (Å²) in [6.07, 6.45) is 3.62. The van der Waals surface area contributed by atoms with E-state index in [9.17, 15) is 9.59 Å². The fourth-order valence-corrected chi connectivity index (χ4v) is 3.09. The summed E-state index contributed by atoms with van der Waals surface area (Å²) < 4.78 is 9.87. The monoisotopic (exact) mass is 334 g/mol. The van der Waals surface area contributed by atoms with Crippen LogP contribution in [0, 0.1) is 0 Å². The van der Waals surface area contributed by atoms with Crippen LogP contribution >= 0.6 is 0 Å². The number of hydrogen-bond acceptors (Lipinski definition) is 4. The van der Waals surface area contributed by atoms with Crippen LogP contribution < -0.4 is 4.74 Å². The van der Waals surface area contributed by atoms with Gasteiger partial charge in [0.2, 0.25) is 5.91 Å². The largest absolute Gasteiger partial charge is 0.497 e. The van der Waals surface area contributed by atoms with Crippen LogP contribution in [0.5, 0.6) is 5.75 Å². The van der Waals surface area contributed by atoms with Gasteiger partial charge in [-0.3, -0.25) is 4.79 Å². The summed E-state index contributed by atoms with van der Waals surface area (Å²) in [4.78, 5) is 27.5. The Bertz CT molecular complexity index is 559. The molecular weight excluding hydrogens is 308 g/mol. The highest BCUT2D eigenvalue weighted by Crippen LogP contribution is 2.31. The van der Waals surface area contributed by atoms with E-state index in [0.717, 1.165) is 37.0 Å².